The molecule has 1 heterocycles. The minimum atomic E-state index is -0.662. The smallest absolute Gasteiger partial charge is 0.262 e. The number of para-hydroxylation sites is 2. The molecule has 0 saturated heterocycles. The molecule has 1 atom stereocenters. The average Bonchev–Trinajstić information content (AvgIpc) is 2.73. The van der Waals surface area contributed by atoms with Crippen molar-refractivity contribution in [3.8, 4) is 5.75 Å². The molecule has 1 aliphatic heterocycles. The maximum absolute atomic E-state index is 12.8. The lowest BCUT2D eigenvalue weighted by atomic mass is 10.1. The summed E-state index contributed by atoms with van der Waals surface area (Å²) in [5.74, 6) is 0.234. The Morgan fingerprint density at radius 2 is 1.79 bits per heavy atom. The van der Waals surface area contributed by atoms with E-state index in [4.69, 9.17) is 4.74 Å². The lowest BCUT2D eigenvalue weighted by Gasteiger charge is -2.35. The van der Waals surface area contributed by atoms with Crippen LogP contribution in [-0.2, 0) is 9.59 Å². The van der Waals surface area contributed by atoms with Gasteiger partial charge in [0.1, 0.15) is 5.75 Å². The maximum atomic E-state index is 12.8. The Morgan fingerprint density at radius 3 is 2.64 bits per heavy atom. The molecule has 0 aromatic heterocycles. The van der Waals surface area contributed by atoms with Gasteiger partial charge in [-0.3, -0.25) is 9.59 Å². The van der Waals surface area contributed by atoms with Crippen molar-refractivity contribution >= 4 is 34.0 Å². The van der Waals surface area contributed by atoms with Gasteiger partial charge >= 0.3 is 0 Å². The fraction of sp³-hybridized carbons (Fsp3) is 0.182. The normalized spacial score (nSPS) is 15.5. The van der Waals surface area contributed by atoms with Gasteiger partial charge in [-0.15, -0.1) is 0 Å². The molecule has 142 valence electrons. The lowest BCUT2D eigenvalue weighted by molar-refractivity contribution is -0.127. The van der Waals surface area contributed by atoms with E-state index in [0.717, 1.165) is 22.1 Å². The number of amides is 2. The summed E-state index contributed by atoms with van der Waals surface area (Å²) in [6.45, 7) is 0.427. The first-order valence-electron chi connectivity index (χ1n) is 9.15. The van der Waals surface area contributed by atoms with E-state index in [0.29, 0.717) is 12.3 Å². The summed E-state index contributed by atoms with van der Waals surface area (Å²) >= 11 is 0. The first-order chi connectivity index (χ1) is 13.7. The Balaban J connectivity index is 1.55. The molecule has 6 nitrogen and oxygen atoms in total. The predicted octanol–water partition coefficient (Wildman–Crippen LogP) is 2.79. The van der Waals surface area contributed by atoms with Crippen molar-refractivity contribution < 1.29 is 14.3 Å². The maximum Gasteiger partial charge on any atom is 0.262 e. The van der Waals surface area contributed by atoms with Crippen LogP contribution in [0.3, 0.4) is 0 Å². The van der Waals surface area contributed by atoms with Crippen molar-refractivity contribution in [2.75, 3.05) is 30.4 Å². The van der Waals surface area contributed by atoms with Crippen LogP contribution in [-0.4, -0.2) is 38.1 Å². The van der Waals surface area contributed by atoms with Gasteiger partial charge in [0.25, 0.3) is 5.91 Å². The van der Waals surface area contributed by atoms with Crippen LogP contribution in [0.5, 0.6) is 5.75 Å². The van der Waals surface area contributed by atoms with Crippen molar-refractivity contribution in [1.29, 1.82) is 0 Å². The van der Waals surface area contributed by atoms with Crippen LogP contribution in [0, 0.1) is 0 Å². The summed E-state index contributed by atoms with van der Waals surface area (Å²) in [7, 11) is 1.57. The van der Waals surface area contributed by atoms with E-state index in [9.17, 15) is 9.59 Å². The van der Waals surface area contributed by atoms with Crippen molar-refractivity contribution in [1.82, 2.24) is 5.32 Å². The fourth-order valence-corrected chi connectivity index (χ4v) is 3.45. The molecule has 2 N–H and O–H groups in total. The number of carbonyl (C=O) groups is 2. The molecule has 0 bridgehead atoms. The summed E-state index contributed by atoms with van der Waals surface area (Å²) in [5.41, 5.74) is 1.57. The van der Waals surface area contributed by atoms with Gasteiger partial charge in [-0.05, 0) is 23.6 Å². The summed E-state index contributed by atoms with van der Waals surface area (Å²) < 4.78 is 5.79. The third kappa shape index (κ3) is 3.49. The second kappa shape index (κ2) is 7.60. The minimum Gasteiger partial charge on any atom is -0.477 e. The van der Waals surface area contributed by atoms with Crippen LogP contribution >= 0.6 is 0 Å². The molecule has 1 aliphatic rings. The van der Waals surface area contributed by atoms with Gasteiger partial charge in [0.15, 0.2) is 6.10 Å². The van der Waals surface area contributed by atoms with Crippen LogP contribution in [0.15, 0.2) is 66.7 Å². The second-order valence-electron chi connectivity index (χ2n) is 6.64. The molecule has 0 fully saturated rings. The van der Waals surface area contributed by atoms with E-state index >= 15 is 0 Å². The van der Waals surface area contributed by atoms with E-state index in [1.54, 1.807) is 13.1 Å². The largest absolute Gasteiger partial charge is 0.477 e. The van der Waals surface area contributed by atoms with Gasteiger partial charge in [-0.1, -0.05) is 48.5 Å². The molecule has 0 unspecified atom stereocenters. The summed E-state index contributed by atoms with van der Waals surface area (Å²) in [4.78, 5) is 26.7. The number of rotatable bonds is 4. The van der Waals surface area contributed by atoms with Crippen LogP contribution in [0.25, 0.3) is 10.8 Å². The molecule has 28 heavy (non-hydrogen) atoms. The quantitative estimate of drug-likeness (QED) is 0.736. The highest BCUT2D eigenvalue weighted by atomic mass is 16.5. The van der Waals surface area contributed by atoms with E-state index in [2.05, 4.69) is 10.6 Å². The zero-order valence-electron chi connectivity index (χ0n) is 15.5. The van der Waals surface area contributed by atoms with E-state index in [1.807, 2.05) is 65.6 Å². The molecule has 0 aliphatic carbocycles. The van der Waals surface area contributed by atoms with Crippen molar-refractivity contribution in [3.05, 3.63) is 66.7 Å². The SMILES string of the molecule is CNC(=O)[C@@H]1CN(CC(=O)Nc2cccc3ccccc23)c2ccccc2O1. The number of carbonyl (C=O) groups excluding carboxylic acids is 2. The average molecular weight is 375 g/mol. The van der Waals surface area contributed by atoms with E-state index in [-0.39, 0.29) is 18.4 Å². The highest BCUT2D eigenvalue weighted by Crippen LogP contribution is 2.33. The molecule has 2 amide bonds. The van der Waals surface area contributed by atoms with E-state index < -0.39 is 6.10 Å². The third-order valence-electron chi connectivity index (χ3n) is 4.80. The number of anilines is 2. The van der Waals surface area contributed by atoms with Crippen molar-refractivity contribution in [2.24, 2.45) is 0 Å². The Labute approximate surface area is 163 Å². The first-order valence-corrected chi connectivity index (χ1v) is 9.15. The minimum absolute atomic E-state index is 0.122. The third-order valence-corrected chi connectivity index (χ3v) is 4.80. The Hall–Kier alpha value is -3.54. The Bertz CT molecular complexity index is 1030. The van der Waals surface area contributed by atoms with Crippen LogP contribution in [0.1, 0.15) is 0 Å². The number of benzene rings is 3. The molecule has 0 saturated carbocycles. The van der Waals surface area contributed by atoms with E-state index in [1.165, 1.54) is 0 Å². The lowest BCUT2D eigenvalue weighted by Crippen LogP contribution is -2.50. The highest BCUT2D eigenvalue weighted by Gasteiger charge is 2.31. The Kier molecular flexibility index (Phi) is 4.85. The number of nitrogens with zero attached hydrogens (tertiary/aromatic N) is 1. The molecule has 0 spiro atoms. The van der Waals surface area contributed by atoms with Crippen molar-refractivity contribution in [2.45, 2.75) is 6.10 Å². The van der Waals surface area contributed by atoms with Gasteiger partial charge in [-0.2, -0.15) is 0 Å². The zero-order chi connectivity index (χ0) is 19.5. The Morgan fingerprint density at radius 1 is 1.04 bits per heavy atom. The van der Waals surface area contributed by atoms with Gasteiger partial charge in [-0.25, -0.2) is 0 Å². The van der Waals surface area contributed by atoms with Crippen molar-refractivity contribution in [3.63, 3.8) is 0 Å². The number of nitrogens with one attached hydrogen (secondary N) is 2. The van der Waals surface area contributed by atoms with Gasteiger partial charge in [0.05, 0.1) is 18.8 Å². The molecular weight excluding hydrogens is 354 g/mol. The molecule has 6 heteroatoms. The van der Waals surface area contributed by atoms with Crippen LogP contribution in [0.2, 0.25) is 0 Å². The molecule has 4 rings (SSSR count). The standard InChI is InChI=1S/C22H21N3O3/c1-23-22(27)20-13-25(18-11-4-5-12-19(18)28-20)14-21(26)24-17-10-6-8-15-7-2-3-9-16(15)17/h2-12,20H,13-14H2,1H3,(H,23,27)(H,24,26)/t20-/m0/s1. The van der Waals surface area contributed by atoms with Crippen LogP contribution < -0.4 is 20.3 Å². The van der Waals surface area contributed by atoms with Crippen LogP contribution in [0.4, 0.5) is 11.4 Å². The topological polar surface area (TPSA) is 70.7 Å². The first kappa shape index (κ1) is 17.9. The number of ether oxygens (including phenoxy) is 1. The second-order valence-corrected chi connectivity index (χ2v) is 6.64. The molecule has 3 aromatic carbocycles. The number of fused-ring (bicyclic) bond motifs is 2. The number of hydrogen-bond acceptors (Lipinski definition) is 4. The van der Waals surface area contributed by atoms with Gasteiger partial charge in [0.2, 0.25) is 5.91 Å². The highest BCUT2D eigenvalue weighted by molar-refractivity contribution is 6.03. The summed E-state index contributed by atoms with van der Waals surface area (Å²) in [6, 6.07) is 21.2. The zero-order valence-corrected chi connectivity index (χ0v) is 15.5. The summed E-state index contributed by atoms with van der Waals surface area (Å²) in [6.07, 6.45) is -0.662. The monoisotopic (exact) mass is 375 g/mol. The summed E-state index contributed by atoms with van der Waals surface area (Å²) in [5, 5.41) is 7.66. The molecule has 3 aromatic rings. The molecular formula is C22H21N3O3. The predicted molar refractivity (Wildman–Crippen MR) is 110 cm³/mol. The van der Waals surface area contributed by atoms with Gasteiger partial charge < -0.3 is 20.3 Å². The number of likely N-dealkylation sites (N-methyl/N-ethyl adjacent to an activating group) is 1. The number of hydrogen-bond donors (Lipinski definition) is 2. The molecule has 0 radical (unpaired) electrons. The fourth-order valence-electron chi connectivity index (χ4n) is 3.45. The van der Waals surface area contributed by atoms with Gasteiger partial charge in [0, 0.05) is 18.1 Å².